The number of aliphatic hydroxyl groups is 1. The average Bonchev–Trinajstić information content (AvgIpc) is 2.67. The molecule has 1 aliphatic heterocycles. The van der Waals surface area contributed by atoms with Crippen LogP contribution in [0.5, 0.6) is 11.5 Å². The summed E-state index contributed by atoms with van der Waals surface area (Å²) in [4.78, 5) is 1.97. The van der Waals surface area contributed by atoms with E-state index in [1.165, 1.54) is 12.1 Å². The zero-order valence-corrected chi connectivity index (χ0v) is 16.1. The first-order valence-corrected chi connectivity index (χ1v) is 9.36. The monoisotopic (exact) mass is 411 g/mol. The minimum atomic E-state index is -4.71. The van der Waals surface area contributed by atoms with Crippen LogP contribution in [0.25, 0.3) is 0 Å². The Morgan fingerprint density at radius 2 is 1.83 bits per heavy atom. The summed E-state index contributed by atoms with van der Waals surface area (Å²) >= 11 is 0. The highest BCUT2D eigenvalue weighted by Crippen LogP contribution is 2.32. The van der Waals surface area contributed by atoms with Gasteiger partial charge in [-0.3, -0.25) is 0 Å². The lowest BCUT2D eigenvalue weighted by Crippen LogP contribution is -2.38. The Morgan fingerprint density at radius 1 is 1.10 bits per heavy atom. The van der Waals surface area contributed by atoms with E-state index in [2.05, 4.69) is 4.74 Å². The molecule has 158 valence electrons. The molecular formula is C21H24F3NO4. The molecule has 0 bridgehead atoms. The Labute approximate surface area is 167 Å². The number of hydrogen-bond acceptors (Lipinski definition) is 5. The number of alkyl halides is 3. The number of hydrogen-bond donors (Lipinski definition) is 1. The van der Waals surface area contributed by atoms with Crippen molar-refractivity contribution in [2.45, 2.75) is 31.9 Å². The Morgan fingerprint density at radius 3 is 2.52 bits per heavy atom. The van der Waals surface area contributed by atoms with Gasteiger partial charge in [-0.15, -0.1) is 13.2 Å². The third kappa shape index (κ3) is 6.27. The molecule has 2 aromatic carbocycles. The van der Waals surface area contributed by atoms with Crippen LogP contribution in [0.2, 0.25) is 0 Å². The first kappa shape index (κ1) is 21.3. The summed E-state index contributed by atoms with van der Waals surface area (Å²) in [5.74, 6) is 0.544. The quantitative estimate of drug-likeness (QED) is 0.714. The molecule has 1 unspecified atom stereocenters. The van der Waals surface area contributed by atoms with E-state index in [4.69, 9.17) is 9.47 Å². The van der Waals surface area contributed by atoms with Crippen molar-refractivity contribution >= 4 is 5.69 Å². The summed E-state index contributed by atoms with van der Waals surface area (Å²) < 4.78 is 51.9. The van der Waals surface area contributed by atoms with Gasteiger partial charge < -0.3 is 24.2 Å². The van der Waals surface area contributed by atoms with Gasteiger partial charge in [-0.1, -0.05) is 12.1 Å². The second-order valence-corrected chi connectivity index (χ2v) is 6.90. The molecule has 0 amide bonds. The van der Waals surface area contributed by atoms with Crippen LogP contribution < -0.4 is 14.4 Å². The van der Waals surface area contributed by atoms with Gasteiger partial charge in [0.2, 0.25) is 0 Å². The molecule has 1 aliphatic rings. The maximum absolute atomic E-state index is 12.4. The van der Waals surface area contributed by atoms with Crippen molar-refractivity contribution in [3.8, 4) is 11.5 Å². The van der Waals surface area contributed by atoms with E-state index in [1.807, 2.05) is 29.2 Å². The van der Waals surface area contributed by atoms with Crippen molar-refractivity contribution in [2.24, 2.45) is 0 Å². The predicted molar refractivity (Wildman–Crippen MR) is 102 cm³/mol. The Bertz CT molecular complexity index is 796. The van der Waals surface area contributed by atoms with Crippen LogP contribution in [0, 0.1) is 0 Å². The van der Waals surface area contributed by atoms with Gasteiger partial charge in [-0.25, -0.2) is 0 Å². The van der Waals surface area contributed by atoms with E-state index < -0.39 is 12.5 Å². The molecule has 3 rings (SSSR count). The van der Waals surface area contributed by atoms with Crippen molar-refractivity contribution < 1.29 is 32.5 Å². The van der Waals surface area contributed by atoms with E-state index >= 15 is 0 Å². The minimum Gasteiger partial charge on any atom is -0.497 e. The van der Waals surface area contributed by atoms with Gasteiger partial charge in [0.15, 0.2) is 0 Å². The van der Waals surface area contributed by atoms with Gasteiger partial charge >= 0.3 is 6.36 Å². The number of fused-ring (bicyclic) bond motifs is 1. The van der Waals surface area contributed by atoms with Gasteiger partial charge in [0, 0.05) is 18.8 Å². The first-order valence-electron chi connectivity index (χ1n) is 9.36. The number of aliphatic hydroxyl groups excluding tert-OH is 1. The van der Waals surface area contributed by atoms with E-state index in [9.17, 15) is 18.3 Å². The van der Waals surface area contributed by atoms with Crippen molar-refractivity contribution in [3.63, 3.8) is 0 Å². The number of halogens is 3. The smallest absolute Gasteiger partial charge is 0.497 e. The molecule has 8 heteroatoms. The third-order valence-electron chi connectivity index (χ3n) is 4.67. The molecule has 0 saturated carbocycles. The Kier molecular flexibility index (Phi) is 6.87. The lowest BCUT2D eigenvalue weighted by atomic mass is 10.0. The maximum Gasteiger partial charge on any atom is 0.573 e. The number of β-amino-alcohol motifs (C(OH)–C–C–N with tert-alkyl or cyclic N) is 1. The highest BCUT2D eigenvalue weighted by molar-refractivity contribution is 5.58. The van der Waals surface area contributed by atoms with Gasteiger partial charge in [0.05, 0.1) is 26.4 Å². The summed E-state index contributed by atoms with van der Waals surface area (Å²) in [7, 11) is 1.60. The number of aryl methyl sites for hydroxylation is 1. The number of ether oxygens (including phenoxy) is 3. The fraction of sp³-hybridized carbons (Fsp3) is 0.429. The second kappa shape index (κ2) is 9.37. The van der Waals surface area contributed by atoms with E-state index in [1.54, 1.807) is 13.2 Å². The van der Waals surface area contributed by atoms with Crippen molar-refractivity contribution in [2.75, 3.05) is 31.7 Å². The normalized spacial score (nSPS) is 15.0. The largest absolute Gasteiger partial charge is 0.573 e. The van der Waals surface area contributed by atoms with Crippen LogP contribution in [-0.2, 0) is 17.8 Å². The van der Waals surface area contributed by atoms with Crippen molar-refractivity contribution in [1.29, 1.82) is 0 Å². The number of nitrogens with zero attached hydrogens (tertiary/aromatic N) is 1. The van der Waals surface area contributed by atoms with Gasteiger partial charge in [0.25, 0.3) is 0 Å². The van der Waals surface area contributed by atoms with E-state index in [0.29, 0.717) is 19.6 Å². The van der Waals surface area contributed by atoms with Crippen molar-refractivity contribution in [3.05, 3.63) is 53.6 Å². The van der Waals surface area contributed by atoms with Gasteiger partial charge in [0.1, 0.15) is 11.5 Å². The molecule has 0 radical (unpaired) electrons. The third-order valence-corrected chi connectivity index (χ3v) is 4.67. The first-order chi connectivity index (χ1) is 13.8. The van der Waals surface area contributed by atoms with Crippen molar-refractivity contribution in [1.82, 2.24) is 0 Å². The molecule has 0 aromatic heterocycles. The maximum atomic E-state index is 12.4. The average molecular weight is 411 g/mol. The molecule has 0 spiro atoms. The SMILES string of the molecule is COc1ccc(COCC(O)CN2CCCc3cc(OC(F)(F)F)ccc32)cc1. The van der Waals surface area contributed by atoms with Crippen LogP contribution in [0.3, 0.4) is 0 Å². The molecule has 1 N–H and O–H groups in total. The summed E-state index contributed by atoms with van der Waals surface area (Å²) in [5.41, 5.74) is 2.57. The number of benzene rings is 2. The number of rotatable bonds is 8. The highest BCUT2D eigenvalue weighted by Gasteiger charge is 2.31. The Balaban J connectivity index is 1.52. The fourth-order valence-corrected chi connectivity index (χ4v) is 3.38. The molecule has 2 aromatic rings. The van der Waals surface area contributed by atoms with Gasteiger partial charge in [-0.05, 0) is 54.3 Å². The Hall–Kier alpha value is -2.45. The zero-order chi connectivity index (χ0) is 20.9. The lowest BCUT2D eigenvalue weighted by Gasteiger charge is -2.33. The summed E-state index contributed by atoms with van der Waals surface area (Å²) in [6.07, 6.45) is -3.96. The molecule has 1 heterocycles. The van der Waals surface area contributed by atoms with E-state index in [-0.39, 0.29) is 12.4 Å². The minimum absolute atomic E-state index is 0.160. The molecule has 0 aliphatic carbocycles. The van der Waals surface area contributed by atoms with E-state index in [0.717, 1.165) is 35.5 Å². The fourth-order valence-electron chi connectivity index (χ4n) is 3.38. The molecule has 29 heavy (non-hydrogen) atoms. The van der Waals surface area contributed by atoms with Crippen LogP contribution in [0.1, 0.15) is 17.5 Å². The van der Waals surface area contributed by atoms with Crippen LogP contribution >= 0.6 is 0 Å². The van der Waals surface area contributed by atoms with Crippen LogP contribution in [-0.4, -0.2) is 44.4 Å². The topological polar surface area (TPSA) is 51.2 Å². The number of methoxy groups -OCH3 is 1. The van der Waals surface area contributed by atoms with Crippen LogP contribution in [0.4, 0.5) is 18.9 Å². The molecule has 0 saturated heterocycles. The standard InChI is InChI=1S/C21H24F3NO4/c1-27-18-6-4-15(5-7-18)13-28-14-17(26)12-25-10-2-3-16-11-19(8-9-20(16)25)29-21(22,23)24/h4-9,11,17,26H,2-3,10,12-14H2,1H3. The highest BCUT2D eigenvalue weighted by atomic mass is 19.4. The number of anilines is 1. The van der Waals surface area contributed by atoms with Gasteiger partial charge in [-0.2, -0.15) is 0 Å². The zero-order valence-electron chi connectivity index (χ0n) is 16.1. The van der Waals surface area contributed by atoms with Crippen LogP contribution in [0.15, 0.2) is 42.5 Å². The molecule has 1 atom stereocenters. The lowest BCUT2D eigenvalue weighted by molar-refractivity contribution is -0.274. The molecule has 0 fully saturated rings. The summed E-state index contributed by atoms with van der Waals surface area (Å²) in [6.45, 7) is 1.60. The summed E-state index contributed by atoms with van der Waals surface area (Å²) in [5, 5.41) is 10.3. The second-order valence-electron chi connectivity index (χ2n) is 6.90. The summed E-state index contributed by atoms with van der Waals surface area (Å²) in [6, 6.07) is 11.8. The molecular weight excluding hydrogens is 387 g/mol. The molecule has 5 nitrogen and oxygen atoms in total. The predicted octanol–water partition coefficient (Wildman–Crippen LogP) is 3.92.